The minimum atomic E-state index is -4.42. The fourth-order valence-electron chi connectivity index (χ4n) is 1.84. The number of furan rings is 1. The van der Waals surface area contributed by atoms with Gasteiger partial charge in [0.05, 0.1) is 12.7 Å². The number of hydrogen-bond acceptors (Lipinski definition) is 2. The summed E-state index contributed by atoms with van der Waals surface area (Å²) in [4.78, 5) is 0. The molecule has 0 atom stereocenters. The van der Waals surface area contributed by atoms with Crippen molar-refractivity contribution in [2.75, 3.05) is 7.11 Å². The summed E-state index contributed by atoms with van der Waals surface area (Å²) in [5.41, 5.74) is -0.405. The molecule has 0 aliphatic carbocycles. The van der Waals surface area contributed by atoms with E-state index in [9.17, 15) is 13.2 Å². The van der Waals surface area contributed by atoms with Crippen LogP contribution in [0.2, 0.25) is 0 Å². The third-order valence-corrected chi connectivity index (χ3v) is 2.95. The number of alkyl halides is 3. The molecule has 1 heterocycles. The lowest BCUT2D eigenvalue weighted by Gasteiger charge is -2.10. The van der Waals surface area contributed by atoms with E-state index in [0.717, 1.165) is 17.9 Å². The number of rotatable bonds is 3. The van der Waals surface area contributed by atoms with Crippen LogP contribution in [0.15, 0.2) is 34.7 Å². The maximum atomic E-state index is 12.8. The Morgan fingerprint density at radius 3 is 2.30 bits per heavy atom. The third-order valence-electron chi connectivity index (χ3n) is 2.95. The van der Waals surface area contributed by atoms with Gasteiger partial charge >= 0.3 is 6.18 Å². The van der Waals surface area contributed by atoms with Crippen LogP contribution >= 0.6 is 0 Å². The normalized spacial score (nSPS) is 11.9. The van der Waals surface area contributed by atoms with Crippen molar-refractivity contribution >= 4 is 0 Å². The van der Waals surface area contributed by atoms with E-state index in [1.165, 1.54) is 13.2 Å². The zero-order valence-corrected chi connectivity index (χ0v) is 11.4. The zero-order chi connectivity index (χ0) is 14.9. The molecule has 0 amide bonds. The monoisotopic (exact) mass is 284 g/mol. The second kappa shape index (κ2) is 5.23. The lowest BCUT2D eigenvalue weighted by atomic mass is 10.1. The van der Waals surface area contributed by atoms with E-state index in [1.807, 2.05) is 13.8 Å². The minimum Gasteiger partial charge on any atom is -0.497 e. The van der Waals surface area contributed by atoms with Crippen molar-refractivity contribution in [3.05, 3.63) is 41.7 Å². The lowest BCUT2D eigenvalue weighted by Crippen LogP contribution is -2.05. The fraction of sp³-hybridized carbons (Fsp3) is 0.333. The minimum absolute atomic E-state index is 0.150. The Morgan fingerprint density at radius 1 is 1.10 bits per heavy atom. The molecule has 2 nitrogen and oxygen atoms in total. The molecular formula is C15H15F3O2. The first-order chi connectivity index (χ1) is 9.31. The summed E-state index contributed by atoms with van der Waals surface area (Å²) in [6.45, 7) is 3.91. The van der Waals surface area contributed by atoms with E-state index in [0.29, 0.717) is 11.3 Å². The van der Waals surface area contributed by atoms with E-state index in [1.54, 1.807) is 12.1 Å². The summed E-state index contributed by atoms with van der Waals surface area (Å²) in [7, 11) is 1.33. The Labute approximate surface area is 115 Å². The van der Waals surface area contributed by atoms with E-state index in [4.69, 9.17) is 9.15 Å². The zero-order valence-electron chi connectivity index (χ0n) is 11.4. The molecular weight excluding hydrogens is 269 g/mol. The van der Waals surface area contributed by atoms with Gasteiger partial charge in [0, 0.05) is 11.5 Å². The maximum Gasteiger partial charge on any atom is 0.416 e. The SMILES string of the molecule is COc1cc(-c2ccc(C(C)C)o2)cc(C(F)(F)F)c1. The first kappa shape index (κ1) is 14.5. The first-order valence-corrected chi connectivity index (χ1v) is 6.17. The van der Waals surface area contributed by atoms with Crippen LogP contribution in [0.1, 0.15) is 31.1 Å². The molecule has 0 unspecified atom stereocenters. The van der Waals surface area contributed by atoms with E-state index >= 15 is 0 Å². The van der Waals surface area contributed by atoms with Crippen LogP contribution < -0.4 is 4.74 Å². The van der Waals surface area contributed by atoms with Gasteiger partial charge in [-0.2, -0.15) is 13.2 Å². The van der Waals surface area contributed by atoms with Gasteiger partial charge in [0.25, 0.3) is 0 Å². The highest BCUT2D eigenvalue weighted by molar-refractivity contribution is 5.62. The van der Waals surface area contributed by atoms with Gasteiger partial charge in [-0.25, -0.2) is 0 Å². The van der Waals surface area contributed by atoms with Gasteiger partial charge in [-0.15, -0.1) is 0 Å². The smallest absolute Gasteiger partial charge is 0.416 e. The van der Waals surface area contributed by atoms with Crippen LogP contribution in [-0.4, -0.2) is 7.11 Å². The van der Waals surface area contributed by atoms with Crippen molar-refractivity contribution in [2.24, 2.45) is 0 Å². The molecule has 2 rings (SSSR count). The highest BCUT2D eigenvalue weighted by Gasteiger charge is 2.31. The van der Waals surface area contributed by atoms with Crippen molar-refractivity contribution in [1.29, 1.82) is 0 Å². The molecule has 20 heavy (non-hydrogen) atoms. The Hall–Kier alpha value is -1.91. The number of methoxy groups -OCH3 is 1. The Bertz CT molecular complexity index is 597. The van der Waals surface area contributed by atoms with Gasteiger partial charge < -0.3 is 9.15 Å². The van der Waals surface area contributed by atoms with Crippen molar-refractivity contribution in [3.63, 3.8) is 0 Å². The molecule has 1 aromatic heterocycles. The molecule has 2 aromatic rings. The van der Waals surface area contributed by atoms with E-state index in [2.05, 4.69) is 0 Å². The van der Waals surface area contributed by atoms with Crippen LogP contribution in [-0.2, 0) is 6.18 Å². The third kappa shape index (κ3) is 2.98. The van der Waals surface area contributed by atoms with Crippen LogP contribution in [0.4, 0.5) is 13.2 Å². The van der Waals surface area contributed by atoms with Crippen LogP contribution in [0.3, 0.4) is 0 Å². The molecule has 0 radical (unpaired) electrons. The molecule has 0 aliphatic heterocycles. The highest BCUT2D eigenvalue weighted by Crippen LogP contribution is 2.36. The predicted octanol–water partition coefficient (Wildman–Crippen LogP) is 5.10. The quantitative estimate of drug-likeness (QED) is 0.782. The van der Waals surface area contributed by atoms with E-state index < -0.39 is 11.7 Å². The van der Waals surface area contributed by atoms with Crippen LogP contribution in [0.25, 0.3) is 11.3 Å². The van der Waals surface area contributed by atoms with Gasteiger partial charge in [0.1, 0.15) is 17.3 Å². The predicted molar refractivity (Wildman–Crippen MR) is 69.8 cm³/mol. The molecule has 0 N–H and O–H groups in total. The average molecular weight is 284 g/mol. The Morgan fingerprint density at radius 2 is 1.80 bits per heavy atom. The summed E-state index contributed by atoms with van der Waals surface area (Å²) in [5, 5.41) is 0. The maximum absolute atomic E-state index is 12.8. The molecule has 0 saturated heterocycles. The molecule has 0 fully saturated rings. The topological polar surface area (TPSA) is 22.4 Å². The van der Waals surface area contributed by atoms with Gasteiger partial charge in [-0.05, 0) is 30.3 Å². The van der Waals surface area contributed by atoms with Crippen molar-refractivity contribution in [2.45, 2.75) is 25.9 Å². The molecule has 0 bridgehead atoms. The average Bonchev–Trinajstić information content (AvgIpc) is 2.87. The summed E-state index contributed by atoms with van der Waals surface area (Å²) < 4.78 is 49.0. The second-order valence-electron chi connectivity index (χ2n) is 4.80. The van der Waals surface area contributed by atoms with Crippen LogP contribution in [0, 0.1) is 0 Å². The molecule has 5 heteroatoms. The molecule has 0 saturated carbocycles. The van der Waals surface area contributed by atoms with Gasteiger partial charge in [-0.3, -0.25) is 0 Å². The summed E-state index contributed by atoms with van der Waals surface area (Å²) in [5.74, 6) is 1.46. The standard InChI is InChI=1S/C15H15F3O2/c1-9(2)13-4-5-14(20-13)10-6-11(15(16,17)18)8-12(7-10)19-3/h4-9H,1-3H3. The molecule has 0 spiro atoms. The summed E-state index contributed by atoms with van der Waals surface area (Å²) in [6, 6.07) is 7.00. The largest absolute Gasteiger partial charge is 0.497 e. The molecule has 108 valence electrons. The summed E-state index contributed by atoms with van der Waals surface area (Å²) >= 11 is 0. The Kier molecular flexibility index (Phi) is 3.79. The van der Waals surface area contributed by atoms with Crippen molar-refractivity contribution in [1.82, 2.24) is 0 Å². The van der Waals surface area contributed by atoms with Gasteiger partial charge in [0.2, 0.25) is 0 Å². The first-order valence-electron chi connectivity index (χ1n) is 6.17. The number of benzene rings is 1. The number of halogens is 3. The van der Waals surface area contributed by atoms with Crippen molar-refractivity contribution in [3.8, 4) is 17.1 Å². The Balaban J connectivity index is 2.49. The number of hydrogen-bond donors (Lipinski definition) is 0. The lowest BCUT2D eigenvalue weighted by molar-refractivity contribution is -0.137. The molecule has 1 aromatic carbocycles. The second-order valence-corrected chi connectivity index (χ2v) is 4.80. The fourth-order valence-corrected chi connectivity index (χ4v) is 1.84. The van der Waals surface area contributed by atoms with Crippen LogP contribution in [0.5, 0.6) is 5.75 Å². The number of ether oxygens (including phenoxy) is 1. The van der Waals surface area contributed by atoms with E-state index in [-0.39, 0.29) is 11.7 Å². The summed E-state index contributed by atoms with van der Waals surface area (Å²) in [6.07, 6.45) is -4.42. The van der Waals surface area contributed by atoms with Gasteiger partial charge in [-0.1, -0.05) is 13.8 Å². The molecule has 0 aliphatic rings. The van der Waals surface area contributed by atoms with Crippen molar-refractivity contribution < 1.29 is 22.3 Å². The highest BCUT2D eigenvalue weighted by atomic mass is 19.4. The van der Waals surface area contributed by atoms with Gasteiger partial charge in [0.15, 0.2) is 0 Å².